The second-order valence-corrected chi connectivity index (χ2v) is 4.66. The third kappa shape index (κ3) is 1.24. The van der Waals surface area contributed by atoms with E-state index in [1.807, 2.05) is 0 Å². The quantitative estimate of drug-likeness (QED) is 0.590. The Morgan fingerprint density at radius 2 is 2.00 bits per heavy atom. The van der Waals surface area contributed by atoms with Crippen LogP contribution < -0.4 is 0 Å². The van der Waals surface area contributed by atoms with Crippen molar-refractivity contribution in [2.75, 3.05) is 6.54 Å². The molecule has 1 aromatic rings. The second kappa shape index (κ2) is 2.78. The fraction of sp³-hybridized carbons (Fsp3) is 0.250. The van der Waals surface area contributed by atoms with Crippen LogP contribution in [0.15, 0.2) is 29.2 Å². The zero-order valence-corrected chi connectivity index (χ0v) is 7.59. The third-order valence-corrected chi connectivity index (χ3v) is 3.73. The maximum absolute atomic E-state index is 12.9. The molecule has 1 aliphatic heterocycles. The molecule has 1 heterocycles. The number of hydrogen-bond acceptors (Lipinski definition) is 2. The molecule has 3 nitrogen and oxygen atoms in total. The molecular weight excluding hydrogens is 193 g/mol. The van der Waals surface area contributed by atoms with Crippen molar-refractivity contribution in [3.8, 4) is 0 Å². The van der Waals surface area contributed by atoms with Crippen molar-refractivity contribution < 1.29 is 12.9 Å². The summed E-state index contributed by atoms with van der Waals surface area (Å²) in [6, 6.07) is 6.48. The summed E-state index contributed by atoms with van der Waals surface area (Å²) in [6.07, 6.45) is 0.436. The first-order valence-corrected chi connectivity index (χ1v) is 5.33. The topological polar surface area (TPSA) is 37.4 Å². The van der Waals surface area contributed by atoms with Crippen LogP contribution in [0.2, 0.25) is 0 Å². The highest BCUT2D eigenvalue weighted by Gasteiger charge is 2.30. The molecule has 13 heavy (non-hydrogen) atoms. The van der Waals surface area contributed by atoms with Gasteiger partial charge in [-0.3, -0.25) is 0 Å². The molecule has 0 saturated carbocycles. The van der Waals surface area contributed by atoms with Gasteiger partial charge < -0.3 is 0 Å². The molecule has 2 rings (SSSR count). The summed E-state index contributed by atoms with van der Waals surface area (Å²) >= 11 is 0. The highest BCUT2D eigenvalue weighted by atomic mass is 32.2. The number of fused-ring (bicyclic) bond motifs is 1. The summed E-state index contributed by atoms with van der Waals surface area (Å²) < 4.78 is 35.5. The first-order valence-electron chi connectivity index (χ1n) is 3.89. The molecule has 0 atom stereocenters. The van der Waals surface area contributed by atoms with Crippen molar-refractivity contribution in [2.45, 2.75) is 11.3 Å². The second-order valence-electron chi connectivity index (χ2n) is 2.87. The smallest absolute Gasteiger partial charge is 0.205 e. The average Bonchev–Trinajstić information content (AvgIpc) is 2.13. The predicted octanol–water partition coefficient (Wildman–Crippen LogP) is 1.12. The molecular formula is C8H8FNO2S. The average molecular weight is 201 g/mol. The number of halogens is 1. The first-order chi connectivity index (χ1) is 6.12. The van der Waals surface area contributed by atoms with Crippen LogP contribution in [-0.4, -0.2) is 19.5 Å². The van der Waals surface area contributed by atoms with E-state index < -0.39 is 10.0 Å². The van der Waals surface area contributed by atoms with E-state index in [2.05, 4.69) is 0 Å². The summed E-state index contributed by atoms with van der Waals surface area (Å²) in [4.78, 5) is 0.0868. The molecule has 0 radical (unpaired) electrons. The van der Waals surface area contributed by atoms with Crippen LogP contribution in [0, 0.1) is 0 Å². The Morgan fingerprint density at radius 3 is 2.77 bits per heavy atom. The minimum absolute atomic E-state index is 0.0840. The van der Waals surface area contributed by atoms with Crippen molar-refractivity contribution >= 4 is 10.0 Å². The Labute approximate surface area is 75.8 Å². The van der Waals surface area contributed by atoms with Crippen molar-refractivity contribution in [3.05, 3.63) is 29.8 Å². The number of sulfonamides is 1. The molecule has 0 saturated heterocycles. The summed E-state index contributed by atoms with van der Waals surface area (Å²) in [5, 5.41) is 0. The van der Waals surface area contributed by atoms with Crippen molar-refractivity contribution in [1.82, 2.24) is 4.53 Å². The molecule has 0 aromatic heterocycles. The molecule has 0 fully saturated rings. The Bertz CT molecular complexity index is 430. The van der Waals surface area contributed by atoms with Gasteiger partial charge >= 0.3 is 0 Å². The molecule has 0 spiro atoms. The van der Waals surface area contributed by atoms with E-state index in [9.17, 15) is 12.9 Å². The Hall–Kier alpha value is -0.940. The van der Waals surface area contributed by atoms with Gasteiger partial charge in [0, 0.05) is 0 Å². The first kappa shape index (κ1) is 8.65. The van der Waals surface area contributed by atoms with Gasteiger partial charge in [0.15, 0.2) is 0 Å². The summed E-state index contributed by atoms with van der Waals surface area (Å²) in [5.41, 5.74) is 0.691. The fourth-order valence-electron chi connectivity index (χ4n) is 1.40. The monoisotopic (exact) mass is 201 g/mol. The van der Waals surface area contributed by atoms with Crippen LogP contribution in [0.4, 0.5) is 4.48 Å². The minimum Gasteiger partial charge on any atom is -0.205 e. The lowest BCUT2D eigenvalue weighted by atomic mass is 10.1. The third-order valence-electron chi connectivity index (χ3n) is 2.07. The van der Waals surface area contributed by atoms with Crippen LogP contribution >= 0.6 is 0 Å². The molecule has 0 aliphatic carbocycles. The normalized spacial score (nSPS) is 21.0. The van der Waals surface area contributed by atoms with Crippen LogP contribution in [-0.2, 0) is 16.4 Å². The van der Waals surface area contributed by atoms with Gasteiger partial charge in [-0.25, -0.2) is 8.42 Å². The van der Waals surface area contributed by atoms with Crippen LogP contribution in [0.25, 0.3) is 0 Å². The SMILES string of the molecule is O=S1(=O)c2ccccc2CCN1F. The number of nitrogens with zero attached hydrogens (tertiary/aromatic N) is 1. The highest BCUT2D eigenvalue weighted by Crippen LogP contribution is 2.25. The Balaban J connectivity index is 2.66. The lowest BCUT2D eigenvalue weighted by Gasteiger charge is -2.20. The fourth-order valence-corrected chi connectivity index (χ4v) is 2.69. The van der Waals surface area contributed by atoms with Gasteiger partial charge in [0.25, 0.3) is 10.0 Å². The molecule has 70 valence electrons. The Morgan fingerprint density at radius 1 is 1.31 bits per heavy atom. The van der Waals surface area contributed by atoms with Gasteiger partial charge in [-0.15, -0.1) is 4.48 Å². The van der Waals surface area contributed by atoms with Crippen molar-refractivity contribution in [3.63, 3.8) is 0 Å². The molecule has 0 N–H and O–H groups in total. The molecule has 5 heteroatoms. The number of benzene rings is 1. The highest BCUT2D eigenvalue weighted by molar-refractivity contribution is 7.89. The minimum atomic E-state index is -3.85. The zero-order valence-electron chi connectivity index (χ0n) is 6.77. The van der Waals surface area contributed by atoms with Gasteiger partial charge in [0.05, 0.1) is 11.4 Å². The predicted molar refractivity (Wildman–Crippen MR) is 45.1 cm³/mol. The van der Waals surface area contributed by atoms with Crippen LogP contribution in [0.5, 0.6) is 0 Å². The number of hydrogen-bond donors (Lipinski definition) is 0. The summed E-state index contributed by atoms with van der Waals surface area (Å²) in [5.74, 6) is 0. The van der Waals surface area contributed by atoms with E-state index >= 15 is 0 Å². The van der Waals surface area contributed by atoms with Crippen LogP contribution in [0.1, 0.15) is 5.56 Å². The maximum atomic E-state index is 12.9. The van der Waals surface area contributed by atoms with Gasteiger partial charge in [0.1, 0.15) is 0 Å². The van der Waals surface area contributed by atoms with Gasteiger partial charge in [-0.1, -0.05) is 18.2 Å². The van der Waals surface area contributed by atoms with Gasteiger partial charge in [0.2, 0.25) is 0 Å². The molecule has 0 unspecified atom stereocenters. The molecule has 0 bridgehead atoms. The van der Waals surface area contributed by atoms with E-state index in [4.69, 9.17) is 0 Å². The maximum Gasteiger partial charge on any atom is 0.269 e. The Kier molecular flexibility index (Phi) is 1.85. The summed E-state index contributed by atoms with van der Waals surface area (Å²) in [6.45, 7) is -0.0840. The van der Waals surface area contributed by atoms with E-state index in [0.29, 0.717) is 12.0 Å². The molecule has 0 amide bonds. The molecule has 1 aliphatic rings. The van der Waals surface area contributed by atoms with E-state index in [-0.39, 0.29) is 16.0 Å². The van der Waals surface area contributed by atoms with Gasteiger partial charge in [-0.05, 0) is 22.6 Å². The standard InChI is InChI=1S/C8H8FNO2S/c9-10-6-5-7-3-1-2-4-8(7)13(10,11)12/h1-4H,5-6H2. The van der Waals surface area contributed by atoms with Crippen molar-refractivity contribution in [1.29, 1.82) is 0 Å². The lowest BCUT2D eigenvalue weighted by Crippen LogP contribution is -2.30. The van der Waals surface area contributed by atoms with Gasteiger partial charge in [-0.2, -0.15) is 0 Å². The van der Waals surface area contributed by atoms with E-state index in [1.54, 1.807) is 18.2 Å². The van der Waals surface area contributed by atoms with Crippen molar-refractivity contribution in [2.24, 2.45) is 0 Å². The largest absolute Gasteiger partial charge is 0.269 e. The van der Waals surface area contributed by atoms with Crippen LogP contribution in [0.3, 0.4) is 0 Å². The molecule has 1 aromatic carbocycles. The lowest BCUT2D eigenvalue weighted by molar-refractivity contribution is 0.136. The van der Waals surface area contributed by atoms with E-state index in [1.165, 1.54) is 6.07 Å². The van der Waals surface area contributed by atoms with E-state index in [0.717, 1.165) is 0 Å². The number of rotatable bonds is 0. The zero-order chi connectivity index (χ0) is 9.47. The summed E-state index contributed by atoms with van der Waals surface area (Å²) in [7, 11) is -3.85.